The first-order valence-corrected chi connectivity index (χ1v) is 9.82. The van der Waals surface area contributed by atoms with Crippen molar-refractivity contribution < 1.29 is 9.59 Å². The Morgan fingerprint density at radius 3 is 2.11 bits per heavy atom. The third-order valence-electron chi connectivity index (χ3n) is 5.89. The maximum absolute atomic E-state index is 13.3. The molecule has 1 aliphatic heterocycles. The van der Waals surface area contributed by atoms with Gasteiger partial charge in [-0.25, -0.2) is 0 Å². The molecular formula is C24H26ClNO2. The van der Waals surface area contributed by atoms with E-state index in [-0.39, 0.29) is 5.91 Å². The van der Waals surface area contributed by atoms with Gasteiger partial charge in [-0.2, -0.15) is 0 Å². The maximum atomic E-state index is 13.3. The molecule has 0 aliphatic carbocycles. The zero-order valence-corrected chi connectivity index (χ0v) is 17.5. The largest absolute Gasteiger partial charge is 0.336 e. The second-order valence-corrected chi connectivity index (χ2v) is 8.81. The number of nitrogens with zero attached hydrogens (tertiary/aromatic N) is 1. The molecule has 0 aromatic heterocycles. The van der Waals surface area contributed by atoms with Crippen molar-refractivity contribution in [3.63, 3.8) is 0 Å². The van der Waals surface area contributed by atoms with Gasteiger partial charge < -0.3 is 9.69 Å². The lowest BCUT2D eigenvalue weighted by Crippen LogP contribution is -2.65. The second-order valence-electron chi connectivity index (χ2n) is 8.02. The second kappa shape index (κ2) is 7.56. The highest BCUT2D eigenvalue weighted by molar-refractivity contribution is 6.35. The van der Waals surface area contributed by atoms with Gasteiger partial charge in [-0.3, -0.25) is 4.79 Å². The monoisotopic (exact) mass is 395 g/mol. The smallest absolute Gasteiger partial charge is 0.244 e. The van der Waals surface area contributed by atoms with Crippen molar-refractivity contribution in [3.05, 3.63) is 77.4 Å². The Labute approximate surface area is 172 Å². The average molecular weight is 396 g/mol. The predicted molar refractivity (Wildman–Crippen MR) is 114 cm³/mol. The van der Waals surface area contributed by atoms with Gasteiger partial charge in [0, 0.05) is 13.0 Å². The number of carbonyl (C=O) groups is 2. The number of likely N-dealkylation sites (N-methyl/N-ethyl adjacent to an activating group) is 1. The number of aldehydes is 1. The van der Waals surface area contributed by atoms with Crippen LogP contribution in [0.4, 0.5) is 0 Å². The Balaban J connectivity index is 2.18. The number of halogens is 1. The lowest BCUT2D eigenvalue weighted by molar-refractivity contribution is -0.147. The van der Waals surface area contributed by atoms with Crippen molar-refractivity contribution >= 4 is 29.9 Å². The number of alkyl halides is 1. The molecule has 1 aliphatic rings. The van der Waals surface area contributed by atoms with Crippen LogP contribution in [0.1, 0.15) is 37.8 Å². The van der Waals surface area contributed by atoms with Crippen molar-refractivity contribution in [1.29, 1.82) is 0 Å². The summed E-state index contributed by atoms with van der Waals surface area (Å²) in [7, 11) is 1.74. The molecule has 146 valence electrons. The summed E-state index contributed by atoms with van der Waals surface area (Å²) in [4.78, 5) is 26.2. The summed E-state index contributed by atoms with van der Waals surface area (Å²) in [5.74, 6) is -0.624. The fourth-order valence-corrected chi connectivity index (χ4v) is 5.38. The van der Waals surface area contributed by atoms with E-state index in [4.69, 9.17) is 11.6 Å². The van der Waals surface area contributed by atoms with E-state index in [0.29, 0.717) is 0 Å². The molecule has 1 saturated heterocycles. The molecule has 0 N–H and O–H groups in total. The summed E-state index contributed by atoms with van der Waals surface area (Å²) in [6, 6.07) is 19.2. The Morgan fingerprint density at radius 1 is 1.04 bits per heavy atom. The molecule has 0 saturated carbocycles. The van der Waals surface area contributed by atoms with E-state index in [0.717, 1.165) is 23.0 Å². The van der Waals surface area contributed by atoms with Crippen LogP contribution in [0.15, 0.2) is 66.2 Å². The summed E-state index contributed by atoms with van der Waals surface area (Å²) >= 11 is 6.84. The number of hydrogen-bond acceptors (Lipinski definition) is 2. The summed E-state index contributed by atoms with van der Waals surface area (Å²) in [5.41, 5.74) is 2.00. The van der Waals surface area contributed by atoms with E-state index < -0.39 is 22.2 Å². The minimum absolute atomic E-state index is 0.173. The summed E-state index contributed by atoms with van der Waals surface area (Å²) in [5, 5.41) is 0. The fourth-order valence-electron chi connectivity index (χ4n) is 4.88. The molecule has 4 heteroatoms. The molecule has 1 heterocycles. The third-order valence-corrected chi connectivity index (χ3v) is 6.27. The summed E-state index contributed by atoms with van der Waals surface area (Å²) < 4.78 is 0. The highest BCUT2D eigenvalue weighted by atomic mass is 35.5. The third kappa shape index (κ3) is 3.29. The quantitative estimate of drug-likeness (QED) is 0.544. The first-order valence-electron chi connectivity index (χ1n) is 9.44. The standard InChI is InChI=1S/C24H26ClNO2/c1-17(15-18-11-7-5-8-12-18)21-23(2,16-27)20(19-13-9-6-10-14-19)24(3,25)22(28)26(21)4/h5-16,20-21H,1-4H3/b17-15+/t20-,21?,23-,24-/m1/s1. The zero-order chi connectivity index (χ0) is 20.5. The van der Waals surface area contributed by atoms with Gasteiger partial charge in [-0.1, -0.05) is 66.7 Å². The molecular weight excluding hydrogens is 370 g/mol. The highest BCUT2D eigenvalue weighted by Crippen LogP contribution is 2.54. The Kier molecular flexibility index (Phi) is 5.49. The lowest BCUT2D eigenvalue weighted by atomic mass is 9.59. The Hall–Kier alpha value is -2.39. The van der Waals surface area contributed by atoms with Gasteiger partial charge in [0.05, 0.1) is 11.5 Å². The fraction of sp³-hybridized carbons (Fsp3) is 0.333. The van der Waals surface area contributed by atoms with Crippen molar-refractivity contribution in [2.45, 2.75) is 37.6 Å². The van der Waals surface area contributed by atoms with Gasteiger partial charge >= 0.3 is 0 Å². The van der Waals surface area contributed by atoms with Gasteiger partial charge in [-0.15, -0.1) is 11.6 Å². The van der Waals surface area contributed by atoms with E-state index in [1.165, 1.54) is 0 Å². The lowest BCUT2D eigenvalue weighted by Gasteiger charge is -2.54. The van der Waals surface area contributed by atoms with Crippen LogP contribution in [0.3, 0.4) is 0 Å². The molecule has 1 amide bonds. The maximum Gasteiger partial charge on any atom is 0.244 e. The van der Waals surface area contributed by atoms with Crippen LogP contribution in [-0.4, -0.2) is 35.1 Å². The van der Waals surface area contributed by atoms with Crippen molar-refractivity contribution in [2.75, 3.05) is 7.05 Å². The van der Waals surface area contributed by atoms with Gasteiger partial charge in [-0.05, 0) is 37.5 Å². The van der Waals surface area contributed by atoms with Crippen LogP contribution < -0.4 is 0 Å². The molecule has 1 fully saturated rings. The minimum Gasteiger partial charge on any atom is -0.336 e. The highest BCUT2D eigenvalue weighted by Gasteiger charge is 2.60. The first kappa shape index (κ1) is 20.3. The molecule has 2 aromatic carbocycles. The molecule has 3 rings (SSSR count). The number of carbonyl (C=O) groups excluding carboxylic acids is 2. The van der Waals surface area contributed by atoms with Crippen LogP contribution in [0.5, 0.6) is 0 Å². The number of amides is 1. The minimum atomic E-state index is -1.21. The number of likely N-dealkylation sites (tertiary alicyclic amines) is 1. The SMILES string of the molecule is C/C(=C\c1ccccc1)C1N(C)C(=O)[C@](C)(Cl)[C@H](c2ccccc2)[C@@]1(C)C=O. The van der Waals surface area contributed by atoms with Gasteiger partial charge in [0.2, 0.25) is 5.91 Å². The van der Waals surface area contributed by atoms with E-state index in [1.807, 2.05) is 80.6 Å². The van der Waals surface area contributed by atoms with E-state index in [9.17, 15) is 9.59 Å². The van der Waals surface area contributed by atoms with E-state index >= 15 is 0 Å². The average Bonchev–Trinajstić information content (AvgIpc) is 2.68. The van der Waals surface area contributed by atoms with Gasteiger partial charge in [0.1, 0.15) is 11.2 Å². The molecule has 2 aromatic rings. The number of benzene rings is 2. The van der Waals surface area contributed by atoms with Crippen LogP contribution in [0.2, 0.25) is 0 Å². The van der Waals surface area contributed by atoms with Crippen molar-refractivity contribution in [2.24, 2.45) is 5.41 Å². The number of rotatable bonds is 4. The number of hydrogen-bond donors (Lipinski definition) is 0. The van der Waals surface area contributed by atoms with Crippen molar-refractivity contribution in [3.8, 4) is 0 Å². The molecule has 1 unspecified atom stereocenters. The normalized spacial score (nSPS) is 31.0. The van der Waals surface area contributed by atoms with Crippen LogP contribution in [-0.2, 0) is 9.59 Å². The van der Waals surface area contributed by atoms with Gasteiger partial charge in [0.25, 0.3) is 0 Å². The van der Waals surface area contributed by atoms with Gasteiger partial charge in [0.15, 0.2) is 0 Å². The van der Waals surface area contributed by atoms with E-state index in [2.05, 4.69) is 0 Å². The molecule has 4 atom stereocenters. The van der Waals surface area contributed by atoms with E-state index in [1.54, 1.807) is 18.9 Å². The summed E-state index contributed by atoms with van der Waals surface area (Å²) in [6.45, 7) is 5.61. The molecule has 0 bridgehead atoms. The van der Waals surface area contributed by atoms with Crippen molar-refractivity contribution in [1.82, 2.24) is 4.90 Å². The Morgan fingerprint density at radius 2 is 1.57 bits per heavy atom. The molecule has 28 heavy (non-hydrogen) atoms. The molecule has 0 radical (unpaired) electrons. The first-order chi connectivity index (χ1) is 13.2. The van der Waals surface area contributed by atoms with Crippen LogP contribution in [0, 0.1) is 5.41 Å². The Bertz CT molecular complexity index is 891. The summed E-state index contributed by atoms with van der Waals surface area (Å²) in [6.07, 6.45) is 3.01. The van der Waals surface area contributed by atoms with Crippen LogP contribution in [0.25, 0.3) is 6.08 Å². The molecule has 3 nitrogen and oxygen atoms in total. The predicted octanol–water partition coefficient (Wildman–Crippen LogP) is 4.92. The van der Waals surface area contributed by atoms with Crippen LogP contribution >= 0.6 is 11.6 Å². The topological polar surface area (TPSA) is 37.4 Å². The molecule has 0 spiro atoms. The zero-order valence-electron chi connectivity index (χ0n) is 16.7. The number of piperidine rings is 1.